The third-order valence-corrected chi connectivity index (χ3v) is 5.74. The Morgan fingerprint density at radius 2 is 1.77 bits per heavy atom. The van der Waals surface area contributed by atoms with Crippen LogP contribution in [0.1, 0.15) is 10.4 Å². The van der Waals surface area contributed by atoms with Gasteiger partial charge in [0.25, 0.3) is 5.91 Å². The SMILES string of the molecule is COc1cc(C(=O)N2CC(=O)Nc3cc(-c4cccs4)ccc32)cc(OC)c1OC. The Morgan fingerprint density at radius 3 is 2.37 bits per heavy atom. The molecule has 0 radical (unpaired) electrons. The average Bonchev–Trinajstić information content (AvgIpc) is 3.31. The molecule has 0 saturated heterocycles. The standard InChI is InChI=1S/C22H20N2O5S/c1-27-17-10-14(11-18(28-2)21(17)29-3)22(26)24-12-20(25)23-15-9-13(6-7-16(15)24)19-5-4-8-30-19/h4-11H,12H2,1-3H3,(H,23,25). The molecule has 30 heavy (non-hydrogen) atoms. The van der Waals surface area contributed by atoms with Crippen LogP contribution in [0, 0.1) is 0 Å². The first kappa shape index (κ1) is 19.8. The molecule has 7 nitrogen and oxygen atoms in total. The molecule has 0 spiro atoms. The first-order chi connectivity index (χ1) is 14.5. The van der Waals surface area contributed by atoms with Crippen molar-refractivity contribution < 1.29 is 23.8 Å². The summed E-state index contributed by atoms with van der Waals surface area (Å²) in [5.74, 6) is 0.541. The number of fused-ring (bicyclic) bond motifs is 1. The Bertz CT molecular complexity index is 1090. The summed E-state index contributed by atoms with van der Waals surface area (Å²) >= 11 is 1.61. The summed E-state index contributed by atoms with van der Waals surface area (Å²) in [5, 5.41) is 4.86. The van der Waals surface area contributed by atoms with Gasteiger partial charge in [-0.15, -0.1) is 11.3 Å². The topological polar surface area (TPSA) is 77.1 Å². The second-order valence-corrected chi connectivity index (χ2v) is 7.51. The van der Waals surface area contributed by atoms with Crippen LogP contribution < -0.4 is 24.4 Å². The van der Waals surface area contributed by atoms with E-state index in [0.717, 1.165) is 10.4 Å². The van der Waals surface area contributed by atoms with Crippen molar-refractivity contribution in [2.45, 2.75) is 0 Å². The number of carbonyl (C=O) groups excluding carboxylic acids is 2. The highest BCUT2D eigenvalue weighted by atomic mass is 32.1. The van der Waals surface area contributed by atoms with Gasteiger partial charge in [0, 0.05) is 10.4 Å². The summed E-state index contributed by atoms with van der Waals surface area (Å²) in [7, 11) is 4.47. The van der Waals surface area contributed by atoms with Gasteiger partial charge in [-0.3, -0.25) is 14.5 Å². The highest BCUT2D eigenvalue weighted by Gasteiger charge is 2.29. The number of carbonyl (C=O) groups is 2. The molecular formula is C22H20N2O5S. The van der Waals surface area contributed by atoms with Crippen LogP contribution in [0.25, 0.3) is 10.4 Å². The highest BCUT2D eigenvalue weighted by molar-refractivity contribution is 7.13. The van der Waals surface area contributed by atoms with Gasteiger partial charge in [-0.05, 0) is 41.3 Å². The molecule has 2 heterocycles. The zero-order valence-electron chi connectivity index (χ0n) is 16.7. The van der Waals surface area contributed by atoms with Crippen molar-refractivity contribution in [2.24, 2.45) is 0 Å². The van der Waals surface area contributed by atoms with E-state index < -0.39 is 0 Å². The number of rotatable bonds is 5. The van der Waals surface area contributed by atoms with E-state index in [4.69, 9.17) is 14.2 Å². The average molecular weight is 424 g/mol. The Labute approximate surface area is 177 Å². The van der Waals surface area contributed by atoms with Gasteiger partial charge >= 0.3 is 0 Å². The van der Waals surface area contributed by atoms with Gasteiger partial charge in [0.1, 0.15) is 6.54 Å². The predicted molar refractivity (Wildman–Crippen MR) is 116 cm³/mol. The third-order valence-electron chi connectivity index (χ3n) is 4.83. The maximum absolute atomic E-state index is 13.4. The zero-order valence-corrected chi connectivity index (χ0v) is 17.5. The number of anilines is 2. The molecular weight excluding hydrogens is 404 g/mol. The second-order valence-electron chi connectivity index (χ2n) is 6.56. The molecule has 3 aromatic rings. The molecule has 8 heteroatoms. The summed E-state index contributed by atoms with van der Waals surface area (Å²) in [6.07, 6.45) is 0. The van der Waals surface area contributed by atoms with Gasteiger partial charge in [0.2, 0.25) is 11.7 Å². The van der Waals surface area contributed by atoms with Crippen LogP contribution in [-0.4, -0.2) is 39.7 Å². The molecule has 2 aromatic carbocycles. The third kappa shape index (κ3) is 3.46. The number of amides is 2. The van der Waals surface area contributed by atoms with Crippen molar-refractivity contribution in [3.63, 3.8) is 0 Å². The molecule has 1 aromatic heterocycles. The highest BCUT2D eigenvalue weighted by Crippen LogP contribution is 2.40. The Balaban J connectivity index is 1.75. The van der Waals surface area contributed by atoms with E-state index in [9.17, 15) is 9.59 Å². The second kappa shape index (κ2) is 8.08. The number of ether oxygens (including phenoxy) is 3. The van der Waals surface area contributed by atoms with Gasteiger partial charge in [-0.1, -0.05) is 12.1 Å². The fraction of sp³-hybridized carbons (Fsp3) is 0.182. The lowest BCUT2D eigenvalue weighted by molar-refractivity contribution is -0.115. The Morgan fingerprint density at radius 1 is 1.03 bits per heavy atom. The van der Waals surface area contributed by atoms with Crippen LogP contribution >= 0.6 is 11.3 Å². The number of hydrogen-bond donors (Lipinski definition) is 1. The lowest BCUT2D eigenvalue weighted by Gasteiger charge is -2.30. The summed E-state index contributed by atoms with van der Waals surface area (Å²) in [6, 6.07) is 12.8. The quantitative estimate of drug-likeness (QED) is 0.669. The minimum absolute atomic E-state index is 0.0825. The molecule has 2 amide bonds. The van der Waals surface area contributed by atoms with Gasteiger partial charge in [-0.2, -0.15) is 0 Å². The van der Waals surface area contributed by atoms with Crippen molar-refractivity contribution in [1.82, 2.24) is 0 Å². The lowest BCUT2D eigenvalue weighted by atomic mass is 10.1. The number of nitrogens with one attached hydrogen (secondary N) is 1. The van der Waals surface area contributed by atoms with Gasteiger partial charge in [0.15, 0.2) is 11.5 Å². The van der Waals surface area contributed by atoms with Crippen LogP contribution in [0.15, 0.2) is 47.8 Å². The minimum atomic E-state index is -0.339. The maximum Gasteiger partial charge on any atom is 0.259 e. The first-order valence-electron chi connectivity index (χ1n) is 9.15. The van der Waals surface area contributed by atoms with E-state index in [2.05, 4.69) is 5.32 Å². The largest absolute Gasteiger partial charge is 0.493 e. The molecule has 0 atom stereocenters. The van der Waals surface area contributed by atoms with E-state index in [0.29, 0.717) is 34.2 Å². The maximum atomic E-state index is 13.4. The Hall–Kier alpha value is -3.52. The van der Waals surface area contributed by atoms with Crippen LogP contribution in [-0.2, 0) is 4.79 Å². The molecule has 0 saturated carbocycles. The van der Waals surface area contributed by atoms with Gasteiger partial charge in [-0.25, -0.2) is 0 Å². The summed E-state index contributed by atoms with van der Waals surface area (Å²) in [4.78, 5) is 28.2. The van der Waals surface area contributed by atoms with Crippen molar-refractivity contribution >= 4 is 34.5 Å². The summed E-state index contributed by atoms with van der Waals surface area (Å²) < 4.78 is 16.0. The molecule has 1 aliphatic rings. The predicted octanol–water partition coefficient (Wildman–Crippen LogP) is 4.04. The molecule has 0 unspecified atom stereocenters. The molecule has 1 aliphatic heterocycles. The zero-order chi connectivity index (χ0) is 21.3. The summed E-state index contributed by atoms with van der Waals surface area (Å²) in [5.41, 5.74) is 2.53. The van der Waals surface area contributed by atoms with E-state index in [1.807, 2.05) is 35.7 Å². The first-order valence-corrected chi connectivity index (χ1v) is 10.0. The number of thiophene rings is 1. The molecule has 1 N–H and O–H groups in total. The Kier molecular flexibility index (Phi) is 5.33. The molecule has 154 valence electrons. The number of methoxy groups -OCH3 is 3. The minimum Gasteiger partial charge on any atom is -0.493 e. The van der Waals surface area contributed by atoms with Crippen molar-refractivity contribution in [3.05, 3.63) is 53.4 Å². The smallest absolute Gasteiger partial charge is 0.259 e. The molecule has 0 bridgehead atoms. The van der Waals surface area contributed by atoms with Gasteiger partial charge in [0.05, 0.1) is 32.7 Å². The molecule has 0 fully saturated rings. The number of nitrogens with zero attached hydrogens (tertiary/aromatic N) is 1. The van der Waals surface area contributed by atoms with E-state index in [-0.39, 0.29) is 18.4 Å². The number of benzene rings is 2. The van der Waals surface area contributed by atoms with Crippen molar-refractivity contribution in [1.29, 1.82) is 0 Å². The fourth-order valence-electron chi connectivity index (χ4n) is 3.43. The molecule has 0 aliphatic carbocycles. The van der Waals surface area contributed by atoms with Crippen LogP contribution in [0.2, 0.25) is 0 Å². The van der Waals surface area contributed by atoms with Crippen LogP contribution in [0.4, 0.5) is 11.4 Å². The fourth-order valence-corrected chi connectivity index (χ4v) is 4.15. The monoisotopic (exact) mass is 424 g/mol. The van der Waals surface area contributed by atoms with Crippen molar-refractivity contribution in [3.8, 4) is 27.7 Å². The van der Waals surface area contributed by atoms with E-state index in [1.165, 1.54) is 26.2 Å². The number of hydrogen-bond acceptors (Lipinski definition) is 6. The van der Waals surface area contributed by atoms with E-state index >= 15 is 0 Å². The van der Waals surface area contributed by atoms with Crippen molar-refractivity contribution in [2.75, 3.05) is 38.1 Å². The van der Waals surface area contributed by atoms with Crippen LogP contribution in [0.3, 0.4) is 0 Å². The summed E-state index contributed by atoms with van der Waals surface area (Å²) in [6.45, 7) is -0.0825. The van der Waals surface area contributed by atoms with Crippen LogP contribution in [0.5, 0.6) is 17.2 Å². The lowest BCUT2D eigenvalue weighted by Crippen LogP contribution is -2.42. The normalized spacial score (nSPS) is 12.8. The van der Waals surface area contributed by atoms with Gasteiger partial charge < -0.3 is 19.5 Å². The molecule has 4 rings (SSSR count). The van der Waals surface area contributed by atoms with E-state index in [1.54, 1.807) is 23.5 Å².